The van der Waals surface area contributed by atoms with Gasteiger partial charge in [-0.25, -0.2) is 4.79 Å². The highest BCUT2D eigenvalue weighted by Gasteiger charge is 2.27. The van der Waals surface area contributed by atoms with Crippen LogP contribution in [0.25, 0.3) is 0 Å². The lowest BCUT2D eigenvalue weighted by atomic mass is 9.86. The Morgan fingerprint density at radius 1 is 1.30 bits per heavy atom. The van der Waals surface area contributed by atoms with Gasteiger partial charge in [0.2, 0.25) is 0 Å². The summed E-state index contributed by atoms with van der Waals surface area (Å²) < 4.78 is 1.87. The van der Waals surface area contributed by atoms with Gasteiger partial charge in [-0.3, -0.25) is 4.68 Å². The Morgan fingerprint density at radius 3 is 2.91 bits per heavy atom. The van der Waals surface area contributed by atoms with Gasteiger partial charge >= 0.3 is 6.03 Å². The third kappa shape index (κ3) is 3.68. The molecule has 3 N–H and O–H groups in total. The fourth-order valence-corrected chi connectivity index (χ4v) is 3.96. The molecule has 0 unspecified atom stereocenters. The molecule has 0 bridgehead atoms. The van der Waals surface area contributed by atoms with Crippen molar-refractivity contribution < 1.29 is 9.90 Å². The number of amides is 2. The lowest BCUT2D eigenvalue weighted by Gasteiger charge is -2.31. The van der Waals surface area contributed by atoms with Crippen LogP contribution in [0.1, 0.15) is 62.7 Å². The number of hydrogen-bond donors (Lipinski definition) is 3. The van der Waals surface area contributed by atoms with Gasteiger partial charge in [-0.05, 0) is 38.0 Å². The van der Waals surface area contributed by atoms with Crippen molar-refractivity contribution >= 4 is 6.03 Å². The van der Waals surface area contributed by atoms with Crippen molar-refractivity contribution in [3.05, 3.63) is 17.5 Å². The zero-order chi connectivity index (χ0) is 16.2. The van der Waals surface area contributed by atoms with Crippen molar-refractivity contribution in [2.45, 2.75) is 70.5 Å². The first kappa shape index (κ1) is 16.3. The summed E-state index contributed by atoms with van der Waals surface area (Å²) in [5, 5.41) is 19.8. The molecule has 0 aliphatic heterocycles. The minimum absolute atomic E-state index is 0.0325. The number of carbonyl (C=O) groups is 1. The first-order chi connectivity index (χ1) is 11.2. The first-order valence-corrected chi connectivity index (χ1v) is 8.91. The van der Waals surface area contributed by atoms with Gasteiger partial charge in [0.05, 0.1) is 25.4 Å². The van der Waals surface area contributed by atoms with Crippen LogP contribution in [0.2, 0.25) is 0 Å². The number of aliphatic hydroxyl groups excluding tert-OH is 1. The van der Waals surface area contributed by atoms with Gasteiger partial charge in [0.25, 0.3) is 0 Å². The molecule has 3 rings (SSSR count). The molecule has 2 aliphatic carbocycles. The maximum atomic E-state index is 12.4. The molecule has 1 fully saturated rings. The highest BCUT2D eigenvalue weighted by atomic mass is 16.3. The number of carbonyl (C=O) groups excluding carboxylic acids is 1. The van der Waals surface area contributed by atoms with E-state index < -0.39 is 0 Å². The molecule has 0 saturated heterocycles. The van der Waals surface area contributed by atoms with Crippen LogP contribution in [-0.4, -0.2) is 33.6 Å². The standard InChI is InChI=1S/C17H28N4O2/c1-12-5-2-3-6-14(12)19-17(23)20-15-7-4-8-16-13(15)11-18-21(16)9-10-22/h11-12,14-15,22H,2-10H2,1H3,(H2,19,20,23)/t12-,14-,15-/m1/s1. The molecule has 1 aromatic rings. The van der Waals surface area contributed by atoms with E-state index in [9.17, 15) is 4.79 Å². The number of aromatic nitrogens is 2. The van der Waals surface area contributed by atoms with Gasteiger partial charge in [0.1, 0.15) is 0 Å². The molecule has 6 nitrogen and oxygen atoms in total. The first-order valence-electron chi connectivity index (χ1n) is 8.91. The highest BCUT2D eigenvalue weighted by Crippen LogP contribution is 2.30. The molecule has 0 radical (unpaired) electrons. The monoisotopic (exact) mass is 320 g/mol. The number of fused-ring (bicyclic) bond motifs is 1. The van der Waals surface area contributed by atoms with Crippen molar-refractivity contribution in [2.75, 3.05) is 6.61 Å². The van der Waals surface area contributed by atoms with Crippen LogP contribution < -0.4 is 10.6 Å². The molecule has 1 heterocycles. The fourth-order valence-electron chi connectivity index (χ4n) is 3.96. The largest absolute Gasteiger partial charge is 0.394 e. The number of nitrogens with zero attached hydrogens (tertiary/aromatic N) is 2. The highest BCUT2D eigenvalue weighted by molar-refractivity contribution is 5.75. The molecule has 3 atom stereocenters. The SMILES string of the molecule is C[C@@H]1CCCC[C@H]1NC(=O)N[C@@H]1CCCc2c1cnn2CCO. The number of rotatable bonds is 4. The van der Waals surface area contributed by atoms with Crippen molar-refractivity contribution in [1.29, 1.82) is 0 Å². The molecule has 0 spiro atoms. The Bertz CT molecular complexity index is 543. The van der Waals surface area contributed by atoms with Gasteiger partial charge in [-0.1, -0.05) is 19.8 Å². The van der Waals surface area contributed by atoms with Crippen LogP contribution in [0.15, 0.2) is 6.20 Å². The summed E-state index contributed by atoms with van der Waals surface area (Å²) >= 11 is 0. The number of urea groups is 1. The predicted octanol–water partition coefficient (Wildman–Crippen LogP) is 2.13. The van der Waals surface area contributed by atoms with Crippen LogP contribution in [0, 0.1) is 5.92 Å². The van der Waals surface area contributed by atoms with E-state index >= 15 is 0 Å². The van der Waals surface area contributed by atoms with Crippen LogP contribution in [0.5, 0.6) is 0 Å². The van der Waals surface area contributed by atoms with Crippen molar-refractivity contribution in [3.63, 3.8) is 0 Å². The lowest BCUT2D eigenvalue weighted by molar-refractivity contribution is 0.217. The van der Waals surface area contributed by atoms with E-state index in [4.69, 9.17) is 5.11 Å². The van der Waals surface area contributed by atoms with Gasteiger partial charge in [-0.2, -0.15) is 5.10 Å². The van der Waals surface area contributed by atoms with E-state index in [0.717, 1.165) is 36.9 Å². The Kier molecular flexibility index (Phi) is 5.20. The maximum Gasteiger partial charge on any atom is 0.315 e. The second kappa shape index (κ2) is 7.34. The van der Waals surface area contributed by atoms with E-state index in [0.29, 0.717) is 18.5 Å². The summed E-state index contributed by atoms with van der Waals surface area (Å²) in [6.45, 7) is 2.84. The number of nitrogens with one attached hydrogen (secondary N) is 2. The number of aliphatic hydroxyl groups is 1. The van der Waals surface area contributed by atoms with Gasteiger partial charge < -0.3 is 15.7 Å². The quantitative estimate of drug-likeness (QED) is 0.795. The Morgan fingerprint density at radius 2 is 2.13 bits per heavy atom. The second-order valence-electron chi connectivity index (χ2n) is 6.92. The molecular weight excluding hydrogens is 292 g/mol. The van der Waals surface area contributed by atoms with E-state index in [1.54, 1.807) is 0 Å². The third-order valence-corrected chi connectivity index (χ3v) is 5.31. The van der Waals surface area contributed by atoms with Crippen LogP contribution in [0.4, 0.5) is 4.79 Å². The molecule has 6 heteroatoms. The molecule has 128 valence electrons. The molecule has 23 heavy (non-hydrogen) atoms. The summed E-state index contributed by atoms with van der Waals surface area (Å²) in [4.78, 5) is 12.4. The van der Waals surface area contributed by atoms with Crippen LogP contribution in [0.3, 0.4) is 0 Å². The lowest BCUT2D eigenvalue weighted by Crippen LogP contribution is -2.47. The Labute approximate surface area is 137 Å². The van der Waals surface area contributed by atoms with Crippen LogP contribution >= 0.6 is 0 Å². The summed E-state index contributed by atoms with van der Waals surface area (Å²) in [5.74, 6) is 0.559. The molecule has 2 amide bonds. The minimum Gasteiger partial charge on any atom is -0.394 e. The maximum absolute atomic E-state index is 12.4. The molecule has 2 aliphatic rings. The summed E-state index contributed by atoms with van der Waals surface area (Å²) in [5.41, 5.74) is 2.26. The van der Waals surface area contributed by atoms with Gasteiger partial charge in [0.15, 0.2) is 0 Å². The summed E-state index contributed by atoms with van der Waals surface area (Å²) in [6.07, 6.45) is 9.56. The average molecular weight is 320 g/mol. The predicted molar refractivity (Wildman–Crippen MR) is 88.1 cm³/mol. The molecule has 1 saturated carbocycles. The fraction of sp³-hybridized carbons (Fsp3) is 0.765. The average Bonchev–Trinajstić information content (AvgIpc) is 2.94. The minimum atomic E-state index is -0.0588. The Hall–Kier alpha value is -1.56. The molecule has 0 aromatic carbocycles. The zero-order valence-corrected chi connectivity index (χ0v) is 13.9. The third-order valence-electron chi connectivity index (χ3n) is 5.31. The van der Waals surface area contributed by atoms with Gasteiger partial charge in [-0.15, -0.1) is 0 Å². The summed E-state index contributed by atoms with van der Waals surface area (Å²) in [6, 6.07) is 0.269. The second-order valence-corrected chi connectivity index (χ2v) is 6.92. The summed E-state index contributed by atoms with van der Waals surface area (Å²) in [7, 11) is 0. The van der Waals surface area contributed by atoms with Crippen molar-refractivity contribution in [1.82, 2.24) is 20.4 Å². The van der Waals surface area contributed by atoms with E-state index in [1.807, 2.05) is 10.9 Å². The molecular formula is C17H28N4O2. The van der Waals surface area contributed by atoms with Crippen molar-refractivity contribution in [3.8, 4) is 0 Å². The zero-order valence-electron chi connectivity index (χ0n) is 13.9. The van der Waals surface area contributed by atoms with E-state index in [-0.39, 0.29) is 18.7 Å². The topological polar surface area (TPSA) is 79.2 Å². The smallest absolute Gasteiger partial charge is 0.315 e. The Balaban J connectivity index is 1.61. The normalized spacial score (nSPS) is 27.3. The van der Waals surface area contributed by atoms with Crippen LogP contribution in [-0.2, 0) is 13.0 Å². The number of hydrogen-bond acceptors (Lipinski definition) is 3. The van der Waals surface area contributed by atoms with E-state index in [2.05, 4.69) is 22.7 Å². The van der Waals surface area contributed by atoms with Gasteiger partial charge in [0, 0.05) is 17.3 Å². The molecule has 1 aromatic heterocycles. The van der Waals surface area contributed by atoms with Crippen molar-refractivity contribution in [2.24, 2.45) is 5.92 Å². The van der Waals surface area contributed by atoms with E-state index in [1.165, 1.54) is 19.3 Å².